The predicted octanol–water partition coefficient (Wildman–Crippen LogP) is 3.62. The molecule has 0 N–H and O–H groups in total. The second kappa shape index (κ2) is 5.92. The highest BCUT2D eigenvalue weighted by Crippen LogP contribution is 2.44. The van der Waals surface area contributed by atoms with Crippen LogP contribution in [0.4, 0.5) is 0 Å². The van der Waals surface area contributed by atoms with E-state index in [2.05, 4.69) is 31.9 Å². The summed E-state index contributed by atoms with van der Waals surface area (Å²) >= 11 is 8.92. The van der Waals surface area contributed by atoms with E-state index >= 15 is 0 Å². The van der Waals surface area contributed by atoms with Crippen molar-refractivity contribution in [3.05, 3.63) is 9.39 Å². The van der Waals surface area contributed by atoms with E-state index in [9.17, 15) is 0 Å². The Hall–Kier alpha value is 0.930. The van der Waals surface area contributed by atoms with Gasteiger partial charge in [-0.25, -0.2) is 0 Å². The third-order valence-electron chi connectivity index (χ3n) is 2.56. The minimum absolute atomic E-state index is 0.0539. The van der Waals surface area contributed by atoms with Crippen LogP contribution in [-0.2, 0) is 14.2 Å². The van der Waals surface area contributed by atoms with Crippen LogP contribution in [0, 0.1) is 0 Å². The molecule has 0 aliphatic carbocycles. The lowest BCUT2D eigenvalue weighted by Crippen LogP contribution is -2.24. The molecule has 2 aliphatic rings. The molecule has 0 aromatic carbocycles. The molecule has 1 saturated heterocycles. The molecule has 6 heteroatoms. The maximum Gasteiger partial charge on any atom is 0.163 e. The van der Waals surface area contributed by atoms with Gasteiger partial charge in [0, 0.05) is 0 Å². The number of hydrogen-bond acceptors (Lipinski definition) is 4. The van der Waals surface area contributed by atoms with E-state index in [-0.39, 0.29) is 6.10 Å². The summed E-state index contributed by atoms with van der Waals surface area (Å²) in [5, 5.41) is 0. The van der Waals surface area contributed by atoms with Gasteiger partial charge in [0.05, 0.1) is 27.8 Å². The van der Waals surface area contributed by atoms with Gasteiger partial charge in [-0.15, -0.1) is 11.8 Å². The van der Waals surface area contributed by atoms with Crippen LogP contribution in [0.1, 0.15) is 20.3 Å². The molecule has 0 radical (unpaired) electrons. The lowest BCUT2D eigenvalue weighted by molar-refractivity contribution is -0.144. The average Bonchev–Trinajstić information content (AvgIpc) is 2.71. The number of rotatable bonds is 4. The third-order valence-corrected chi connectivity index (χ3v) is 5.49. The Morgan fingerprint density at radius 2 is 2.29 bits per heavy atom. The van der Waals surface area contributed by atoms with Crippen molar-refractivity contribution < 1.29 is 14.2 Å². The summed E-state index contributed by atoms with van der Waals surface area (Å²) in [6.45, 7) is 5.72. The third kappa shape index (κ3) is 4.21. The van der Waals surface area contributed by atoms with Crippen LogP contribution in [0.5, 0.6) is 0 Å². The van der Waals surface area contributed by atoms with Crippen molar-refractivity contribution in [2.75, 3.05) is 19.8 Å². The van der Waals surface area contributed by atoms with Gasteiger partial charge in [0.2, 0.25) is 0 Å². The molecule has 2 atom stereocenters. The van der Waals surface area contributed by atoms with Gasteiger partial charge in [-0.05, 0) is 41.8 Å². The summed E-state index contributed by atoms with van der Waals surface area (Å²) < 4.78 is 18.5. The van der Waals surface area contributed by atoms with Crippen molar-refractivity contribution in [2.45, 2.75) is 36.3 Å². The van der Waals surface area contributed by atoms with Gasteiger partial charge in [-0.1, -0.05) is 15.9 Å². The molecule has 98 valence electrons. The van der Waals surface area contributed by atoms with Gasteiger partial charge in [-0.2, -0.15) is 0 Å². The molecular weight excluding hydrogens is 372 g/mol. The second-order valence-corrected chi connectivity index (χ2v) is 8.82. The maximum atomic E-state index is 5.69. The molecule has 2 unspecified atom stereocenters. The molecule has 2 aliphatic heterocycles. The van der Waals surface area contributed by atoms with E-state index in [0.29, 0.717) is 24.0 Å². The smallest absolute Gasteiger partial charge is 0.163 e. The zero-order valence-corrected chi connectivity index (χ0v) is 13.9. The summed E-state index contributed by atoms with van der Waals surface area (Å²) in [5.41, 5.74) is 1.31. The van der Waals surface area contributed by atoms with Crippen molar-refractivity contribution in [3.8, 4) is 0 Å². The van der Waals surface area contributed by atoms with Crippen LogP contribution >= 0.6 is 43.6 Å². The maximum absolute atomic E-state index is 5.69. The zero-order chi connectivity index (χ0) is 12.5. The lowest BCUT2D eigenvalue weighted by atomic mass is 10.2. The molecule has 0 aromatic heterocycles. The molecule has 0 spiro atoms. The fourth-order valence-electron chi connectivity index (χ4n) is 1.79. The van der Waals surface area contributed by atoms with Crippen LogP contribution in [0.25, 0.3) is 0 Å². The Labute approximate surface area is 123 Å². The number of ether oxygens (including phenoxy) is 3. The van der Waals surface area contributed by atoms with E-state index in [1.807, 2.05) is 13.8 Å². The Morgan fingerprint density at radius 1 is 1.53 bits per heavy atom. The molecular formula is C11H16Br2O3S. The molecule has 0 amide bonds. The molecule has 0 saturated carbocycles. The zero-order valence-electron chi connectivity index (χ0n) is 9.87. The van der Waals surface area contributed by atoms with E-state index in [1.165, 1.54) is 9.39 Å². The van der Waals surface area contributed by atoms with Crippen LogP contribution < -0.4 is 0 Å². The summed E-state index contributed by atoms with van der Waals surface area (Å²) in [4.78, 5) is 0. The van der Waals surface area contributed by atoms with Crippen molar-refractivity contribution in [1.82, 2.24) is 0 Å². The standard InChI is InChI=1S/C11H16Br2O3S/c1-11(2)15-6-8(16-11)5-14-4-7-3-9(12)17-10(7)13/h8-9H,3-6H2,1-2H3. The summed E-state index contributed by atoms with van der Waals surface area (Å²) in [5.74, 6) is -0.460. The Morgan fingerprint density at radius 3 is 2.82 bits per heavy atom. The highest BCUT2D eigenvalue weighted by Gasteiger charge is 2.32. The highest BCUT2D eigenvalue weighted by atomic mass is 79.9. The van der Waals surface area contributed by atoms with Gasteiger partial charge >= 0.3 is 0 Å². The van der Waals surface area contributed by atoms with E-state index in [0.717, 1.165) is 6.42 Å². The van der Waals surface area contributed by atoms with Gasteiger partial charge in [0.15, 0.2) is 5.79 Å². The monoisotopic (exact) mass is 386 g/mol. The van der Waals surface area contributed by atoms with Gasteiger partial charge in [-0.3, -0.25) is 0 Å². The largest absolute Gasteiger partial charge is 0.374 e. The Bertz CT molecular complexity index is 320. The first-order chi connectivity index (χ1) is 7.96. The molecule has 17 heavy (non-hydrogen) atoms. The fourth-order valence-corrected chi connectivity index (χ4v) is 5.26. The Kier molecular flexibility index (Phi) is 5.00. The van der Waals surface area contributed by atoms with E-state index in [1.54, 1.807) is 11.8 Å². The predicted molar refractivity (Wildman–Crippen MR) is 76.6 cm³/mol. The first-order valence-corrected chi connectivity index (χ1v) is 8.13. The molecule has 3 nitrogen and oxygen atoms in total. The fraction of sp³-hybridized carbons (Fsp3) is 0.818. The second-order valence-electron chi connectivity index (χ2n) is 4.58. The van der Waals surface area contributed by atoms with Crippen molar-refractivity contribution in [3.63, 3.8) is 0 Å². The summed E-state index contributed by atoms with van der Waals surface area (Å²) in [7, 11) is 0. The molecule has 2 heterocycles. The van der Waals surface area contributed by atoms with E-state index < -0.39 is 5.79 Å². The normalized spacial score (nSPS) is 32.5. The quantitative estimate of drug-likeness (QED) is 0.688. The number of alkyl halides is 1. The molecule has 2 rings (SSSR count). The van der Waals surface area contributed by atoms with Crippen molar-refractivity contribution >= 4 is 43.6 Å². The number of halogens is 2. The lowest BCUT2D eigenvalue weighted by Gasteiger charge is -2.17. The Balaban J connectivity index is 1.69. The number of thioether (sulfide) groups is 1. The van der Waals surface area contributed by atoms with Crippen LogP contribution in [0.3, 0.4) is 0 Å². The van der Waals surface area contributed by atoms with Crippen LogP contribution in [0.15, 0.2) is 9.39 Å². The summed E-state index contributed by atoms with van der Waals surface area (Å²) in [6.07, 6.45) is 1.08. The minimum Gasteiger partial charge on any atom is -0.374 e. The molecule has 1 fully saturated rings. The summed E-state index contributed by atoms with van der Waals surface area (Å²) in [6, 6.07) is 0. The SMILES string of the molecule is CC1(C)OCC(COCC2=C(Br)SC(Br)C2)O1. The van der Waals surface area contributed by atoms with Crippen molar-refractivity contribution in [2.24, 2.45) is 0 Å². The minimum atomic E-state index is -0.460. The van der Waals surface area contributed by atoms with Gasteiger partial charge in [0.1, 0.15) is 6.10 Å². The highest BCUT2D eigenvalue weighted by molar-refractivity contribution is 9.15. The van der Waals surface area contributed by atoms with Gasteiger partial charge in [0.25, 0.3) is 0 Å². The number of hydrogen-bond donors (Lipinski definition) is 0. The van der Waals surface area contributed by atoms with E-state index in [4.69, 9.17) is 14.2 Å². The topological polar surface area (TPSA) is 27.7 Å². The molecule has 0 aromatic rings. The first-order valence-electron chi connectivity index (χ1n) is 5.54. The van der Waals surface area contributed by atoms with Crippen molar-refractivity contribution in [1.29, 1.82) is 0 Å². The molecule has 0 bridgehead atoms. The first kappa shape index (κ1) is 14.3. The van der Waals surface area contributed by atoms with Crippen LogP contribution in [0.2, 0.25) is 0 Å². The van der Waals surface area contributed by atoms with Crippen LogP contribution in [-0.4, -0.2) is 35.9 Å². The average molecular weight is 388 g/mol. The van der Waals surface area contributed by atoms with Gasteiger partial charge < -0.3 is 14.2 Å².